The van der Waals surface area contributed by atoms with Crippen molar-refractivity contribution in [3.8, 4) is 0 Å². The highest BCUT2D eigenvalue weighted by atomic mass is 35.5. The van der Waals surface area contributed by atoms with Gasteiger partial charge in [-0.1, -0.05) is 11.8 Å². The Labute approximate surface area is 99.3 Å². The maximum Gasteiger partial charge on any atom is 0.150 e. The Balaban J connectivity index is 0.000000980. The molecule has 14 heavy (non-hydrogen) atoms. The number of halogens is 1. The van der Waals surface area contributed by atoms with Crippen LogP contribution in [0.3, 0.4) is 0 Å². The second-order valence-electron chi connectivity index (χ2n) is 3.32. The van der Waals surface area contributed by atoms with Crippen molar-refractivity contribution in [2.24, 2.45) is 0 Å². The van der Waals surface area contributed by atoms with Crippen molar-refractivity contribution in [2.75, 3.05) is 13.1 Å². The summed E-state index contributed by atoms with van der Waals surface area (Å²) in [6.45, 7) is 4.40. The van der Waals surface area contributed by atoms with E-state index in [1.54, 1.807) is 11.3 Å². The van der Waals surface area contributed by atoms with E-state index < -0.39 is 0 Å². The van der Waals surface area contributed by atoms with Crippen molar-refractivity contribution in [3.05, 3.63) is 11.1 Å². The SMILES string of the molecule is Cc1csc(SC2CCNCC2)n1.Cl. The van der Waals surface area contributed by atoms with Gasteiger partial charge in [0.05, 0.1) is 0 Å². The summed E-state index contributed by atoms with van der Waals surface area (Å²) in [5.41, 5.74) is 1.15. The second-order valence-corrected chi connectivity index (χ2v) is 5.73. The molecule has 0 atom stereocenters. The van der Waals surface area contributed by atoms with Gasteiger partial charge in [0.25, 0.3) is 0 Å². The molecule has 1 aliphatic heterocycles. The normalized spacial score (nSPS) is 17.8. The molecule has 0 spiro atoms. The number of hydrogen-bond donors (Lipinski definition) is 1. The summed E-state index contributed by atoms with van der Waals surface area (Å²) in [5, 5.41) is 6.29. The average Bonchev–Trinajstić information content (AvgIpc) is 2.53. The highest BCUT2D eigenvalue weighted by Gasteiger charge is 2.15. The van der Waals surface area contributed by atoms with Crippen LogP contribution in [0, 0.1) is 6.92 Å². The molecule has 0 aliphatic carbocycles. The van der Waals surface area contributed by atoms with Crippen molar-refractivity contribution in [1.82, 2.24) is 10.3 Å². The highest BCUT2D eigenvalue weighted by molar-refractivity contribution is 8.01. The topological polar surface area (TPSA) is 24.9 Å². The monoisotopic (exact) mass is 250 g/mol. The third kappa shape index (κ3) is 3.42. The Bertz CT molecular complexity index is 272. The van der Waals surface area contributed by atoms with Gasteiger partial charge in [-0.2, -0.15) is 0 Å². The number of hydrogen-bond acceptors (Lipinski definition) is 4. The molecular weight excluding hydrogens is 236 g/mol. The Morgan fingerprint density at radius 1 is 1.50 bits per heavy atom. The van der Waals surface area contributed by atoms with Gasteiger partial charge in [0, 0.05) is 16.3 Å². The number of piperidine rings is 1. The summed E-state index contributed by atoms with van der Waals surface area (Å²) in [6, 6.07) is 0. The second kappa shape index (κ2) is 5.95. The van der Waals surface area contributed by atoms with Crippen LogP contribution in [-0.2, 0) is 0 Å². The van der Waals surface area contributed by atoms with Crippen LogP contribution in [0.25, 0.3) is 0 Å². The van der Waals surface area contributed by atoms with Gasteiger partial charge < -0.3 is 5.32 Å². The van der Waals surface area contributed by atoms with Crippen LogP contribution in [0.2, 0.25) is 0 Å². The quantitative estimate of drug-likeness (QED) is 0.874. The first-order chi connectivity index (χ1) is 6.34. The van der Waals surface area contributed by atoms with Crippen LogP contribution in [0.1, 0.15) is 18.5 Å². The van der Waals surface area contributed by atoms with Gasteiger partial charge in [-0.05, 0) is 32.9 Å². The summed E-state index contributed by atoms with van der Waals surface area (Å²) in [4.78, 5) is 4.47. The predicted octanol–water partition coefficient (Wildman–Crippen LogP) is 2.72. The molecule has 1 aromatic rings. The van der Waals surface area contributed by atoms with Crippen molar-refractivity contribution in [3.63, 3.8) is 0 Å². The van der Waals surface area contributed by atoms with Crippen LogP contribution < -0.4 is 5.32 Å². The van der Waals surface area contributed by atoms with Crippen LogP contribution in [0.4, 0.5) is 0 Å². The lowest BCUT2D eigenvalue weighted by Gasteiger charge is -2.20. The van der Waals surface area contributed by atoms with Crippen molar-refractivity contribution < 1.29 is 0 Å². The molecule has 0 amide bonds. The summed E-state index contributed by atoms with van der Waals surface area (Å²) in [5.74, 6) is 0. The molecule has 2 rings (SSSR count). The van der Waals surface area contributed by atoms with Crippen molar-refractivity contribution >= 4 is 35.5 Å². The molecule has 0 saturated carbocycles. The van der Waals surface area contributed by atoms with Gasteiger partial charge in [-0.3, -0.25) is 0 Å². The van der Waals surface area contributed by atoms with E-state index in [0.717, 1.165) is 10.9 Å². The number of aromatic nitrogens is 1. The molecule has 0 aromatic carbocycles. The van der Waals surface area contributed by atoms with E-state index in [-0.39, 0.29) is 12.4 Å². The Kier molecular flexibility index (Phi) is 5.23. The van der Waals surface area contributed by atoms with E-state index in [0.29, 0.717) is 0 Å². The van der Waals surface area contributed by atoms with Gasteiger partial charge >= 0.3 is 0 Å². The predicted molar refractivity (Wildman–Crippen MR) is 65.8 cm³/mol. The Morgan fingerprint density at radius 3 is 2.79 bits per heavy atom. The number of rotatable bonds is 2. The fourth-order valence-electron chi connectivity index (χ4n) is 1.44. The lowest BCUT2D eigenvalue weighted by Crippen LogP contribution is -2.29. The molecule has 0 bridgehead atoms. The summed E-state index contributed by atoms with van der Waals surface area (Å²) in [7, 11) is 0. The van der Waals surface area contributed by atoms with Gasteiger partial charge in [0.2, 0.25) is 0 Å². The van der Waals surface area contributed by atoms with E-state index >= 15 is 0 Å². The van der Waals surface area contributed by atoms with Crippen molar-refractivity contribution in [2.45, 2.75) is 29.4 Å². The van der Waals surface area contributed by atoms with Gasteiger partial charge in [0.1, 0.15) is 4.34 Å². The maximum absolute atomic E-state index is 4.47. The van der Waals surface area contributed by atoms with Crippen LogP contribution in [-0.4, -0.2) is 23.3 Å². The molecule has 0 unspecified atom stereocenters. The summed E-state index contributed by atoms with van der Waals surface area (Å²) < 4.78 is 1.24. The third-order valence-corrected chi connectivity index (χ3v) is 4.58. The maximum atomic E-state index is 4.47. The van der Waals surface area contributed by atoms with E-state index in [2.05, 4.69) is 22.6 Å². The molecule has 1 fully saturated rings. The first-order valence-corrected chi connectivity index (χ1v) is 6.40. The molecular formula is C9H15ClN2S2. The first-order valence-electron chi connectivity index (χ1n) is 4.64. The number of thioether (sulfide) groups is 1. The van der Waals surface area contributed by atoms with Crippen LogP contribution in [0.5, 0.6) is 0 Å². The lowest BCUT2D eigenvalue weighted by molar-refractivity contribution is 0.531. The highest BCUT2D eigenvalue weighted by Crippen LogP contribution is 2.30. The molecule has 1 saturated heterocycles. The first kappa shape index (κ1) is 12.3. The summed E-state index contributed by atoms with van der Waals surface area (Å²) in [6.07, 6.45) is 2.56. The fourth-order valence-corrected chi connectivity index (χ4v) is 3.69. The molecule has 2 nitrogen and oxygen atoms in total. The number of nitrogens with one attached hydrogen (secondary N) is 1. The third-order valence-electron chi connectivity index (χ3n) is 2.15. The zero-order valence-electron chi connectivity index (χ0n) is 8.16. The zero-order chi connectivity index (χ0) is 9.10. The minimum Gasteiger partial charge on any atom is -0.317 e. The minimum atomic E-state index is 0. The number of aryl methyl sites for hydroxylation is 1. The molecule has 5 heteroatoms. The zero-order valence-corrected chi connectivity index (χ0v) is 10.6. The van der Waals surface area contributed by atoms with E-state index in [1.165, 1.54) is 30.3 Å². The summed E-state index contributed by atoms with van der Waals surface area (Å²) >= 11 is 3.73. The largest absolute Gasteiger partial charge is 0.317 e. The molecule has 1 aromatic heterocycles. The molecule has 1 N–H and O–H groups in total. The smallest absolute Gasteiger partial charge is 0.150 e. The number of thiazole rings is 1. The van der Waals surface area contributed by atoms with Crippen LogP contribution in [0.15, 0.2) is 9.72 Å². The average molecular weight is 251 g/mol. The molecule has 2 heterocycles. The Hall–Kier alpha value is 0.230. The molecule has 1 aliphatic rings. The minimum absolute atomic E-state index is 0. The van der Waals surface area contributed by atoms with Crippen LogP contribution >= 0.6 is 35.5 Å². The molecule has 0 radical (unpaired) electrons. The Morgan fingerprint density at radius 2 is 2.21 bits per heavy atom. The van der Waals surface area contributed by atoms with Gasteiger partial charge in [-0.25, -0.2) is 4.98 Å². The van der Waals surface area contributed by atoms with Crippen molar-refractivity contribution in [1.29, 1.82) is 0 Å². The van der Waals surface area contributed by atoms with E-state index in [4.69, 9.17) is 0 Å². The number of nitrogens with zero attached hydrogens (tertiary/aromatic N) is 1. The van der Waals surface area contributed by atoms with Gasteiger partial charge in [-0.15, -0.1) is 23.7 Å². The van der Waals surface area contributed by atoms with E-state index in [1.807, 2.05) is 11.8 Å². The standard InChI is InChI=1S/C9H14N2S2.ClH/c1-7-6-12-9(11-7)13-8-2-4-10-5-3-8;/h6,8,10H,2-5H2,1H3;1H. The lowest BCUT2D eigenvalue weighted by atomic mass is 10.2. The molecule has 80 valence electrons. The van der Waals surface area contributed by atoms with E-state index in [9.17, 15) is 0 Å². The van der Waals surface area contributed by atoms with Gasteiger partial charge in [0.15, 0.2) is 0 Å². The fraction of sp³-hybridized carbons (Fsp3) is 0.667.